The molecule has 0 N–H and O–H groups in total. The maximum absolute atomic E-state index is 12.1. The maximum Gasteiger partial charge on any atom is 0.174 e. The topological polar surface area (TPSA) is 17.1 Å². The summed E-state index contributed by atoms with van der Waals surface area (Å²) in [5.41, 5.74) is 1.02. The predicted molar refractivity (Wildman–Crippen MR) is 73.1 cm³/mol. The average molecular weight is 275 g/mol. The Morgan fingerprint density at radius 1 is 1.50 bits per heavy atom. The van der Waals surface area contributed by atoms with Crippen LogP contribution in [0.3, 0.4) is 0 Å². The van der Waals surface area contributed by atoms with Crippen molar-refractivity contribution in [3.63, 3.8) is 0 Å². The first-order valence-corrected chi connectivity index (χ1v) is 7.94. The third kappa shape index (κ3) is 2.82. The van der Waals surface area contributed by atoms with Crippen molar-refractivity contribution in [2.24, 2.45) is 5.92 Å². The van der Waals surface area contributed by atoms with Gasteiger partial charge in [0, 0.05) is 6.42 Å². The molecule has 1 aliphatic heterocycles. The van der Waals surface area contributed by atoms with Gasteiger partial charge >= 0.3 is 0 Å². The summed E-state index contributed by atoms with van der Waals surface area (Å²) in [5, 5.41) is 2.63. The summed E-state index contributed by atoms with van der Waals surface area (Å²) in [6, 6.07) is 0. The van der Waals surface area contributed by atoms with Gasteiger partial charge in [0.05, 0.1) is 9.90 Å². The fraction of sp³-hybridized carbons (Fsp3) is 0.583. The largest absolute Gasteiger partial charge is 0.293 e. The van der Waals surface area contributed by atoms with Gasteiger partial charge in [0.25, 0.3) is 0 Å². The number of carbonyl (C=O) groups is 1. The molecular weight excluding hydrogens is 260 g/mol. The van der Waals surface area contributed by atoms with Gasteiger partial charge in [0.1, 0.15) is 0 Å². The number of rotatable bonds is 3. The number of hydrogen-bond acceptors (Lipinski definition) is 3. The van der Waals surface area contributed by atoms with E-state index in [0.29, 0.717) is 17.4 Å². The Balaban J connectivity index is 1.99. The third-order valence-corrected chi connectivity index (χ3v) is 5.75. The molecule has 1 nitrogen and oxygen atoms in total. The fourth-order valence-electron chi connectivity index (χ4n) is 1.92. The maximum atomic E-state index is 12.1. The highest BCUT2D eigenvalue weighted by atomic mass is 35.5. The van der Waals surface area contributed by atoms with Crippen LogP contribution in [-0.2, 0) is 0 Å². The molecule has 0 saturated carbocycles. The number of Topliss-reactive ketones (excluding diaryl/α,β-unsaturated/α-hetero) is 1. The van der Waals surface area contributed by atoms with Crippen LogP contribution in [0.5, 0.6) is 0 Å². The molecule has 0 aromatic carbocycles. The van der Waals surface area contributed by atoms with Crippen LogP contribution < -0.4 is 0 Å². The van der Waals surface area contributed by atoms with Gasteiger partial charge in [-0.05, 0) is 48.1 Å². The molecule has 2 rings (SSSR count). The van der Waals surface area contributed by atoms with Crippen molar-refractivity contribution in [1.82, 2.24) is 0 Å². The van der Waals surface area contributed by atoms with E-state index in [0.717, 1.165) is 10.4 Å². The van der Waals surface area contributed by atoms with E-state index in [1.54, 1.807) is 0 Å². The molecule has 4 heteroatoms. The van der Waals surface area contributed by atoms with E-state index < -0.39 is 0 Å². The van der Waals surface area contributed by atoms with Gasteiger partial charge in [0.15, 0.2) is 5.78 Å². The van der Waals surface area contributed by atoms with E-state index in [1.165, 1.54) is 35.7 Å². The van der Waals surface area contributed by atoms with Crippen molar-refractivity contribution >= 4 is 40.5 Å². The van der Waals surface area contributed by atoms with Crippen molar-refractivity contribution in [3.05, 3.63) is 20.8 Å². The number of thioether (sulfide) groups is 1. The number of ketones is 1. The van der Waals surface area contributed by atoms with E-state index in [-0.39, 0.29) is 5.78 Å². The van der Waals surface area contributed by atoms with Gasteiger partial charge in [-0.2, -0.15) is 11.8 Å². The minimum Gasteiger partial charge on any atom is -0.293 e. The number of halogens is 1. The number of hydrogen-bond donors (Lipinski definition) is 0. The highest BCUT2D eigenvalue weighted by molar-refractivity contribution is 7.99. The Labute approximate surface area is 110 Å². The van der Waals surface area contributed by atoms with E-state index in [2.05, 4.69) is 0 Å². The lowest BCUT2D eigenvalue weighted by Crippen LogP contribution is -2.14. The van der Waals surface area contributed by atoms with Crippen molar-refractivity contribution in [1.29, 1.82) is 0 Å². The number of aryl methyl sites for hydroxylation is 1. The molecule has 1 aromatic rings. The molecule has 88 valence electrons. The zero-order valence-electron chi connectivity index (χ0n) is 9.29. The van der Waals surface area contributed by atoms with Gasteiger partial charge in [-0.1, -0.05) is 11.6 Å². The van der Waals surface area contributed by atoms with E-state index in [9.17, 15) is 4.79 Å². The van der Waals surface area contributed by atoms with Crippen LogP contribution in [0.15, 0.2) is 5.38 Å². The minimum absolute atomic E-state index is 0.236. The molecule has 1 aliphatic rings. The SMILES string of the molecule is Cc1csc(C(=O)CC2CCSCC2)c1Cl. The average Bonchev–Trinajstić information content (AvgIpc) is 2.61. The van der Waals surface area contributed by atoms with Crippen LogP contribution >= 0.6 is 34.7 Å². The van der Waals surface area contributed by atoms with Crippen LogP contribution in [0.25, 0.3) is 0 Å². The molecule has 1 aromatic heterocycles. The Bertz CT molecular complexity index is 380. The highest BCUT2D eigenvalue weighted by Gasteiger charge is 2.21. The van der Waals surface area contributed by atoms with E-state index >= 15 is 0 Å². The lowest BCUT2D eigenvalue weighted by Gasteiger charge is -2.20. The first kappa shape index (κ1) is 12.5. The van der Waals surface area contributed by atoms with Crippen molar-refractivity contribution in [2.45, 2.75) is 26.2 Å². The molecule has 16 heavy (non-hydrogen) atoms. The van der Waals surface area contributed by atoms with Crippen LogP contribution in [0.2, 0.25) is 5.02 Å². The minimum atomic E-state index is 0.236. The molecule has 0 radical (unpaired) electrons. The van der Waals surface area contributed by atoms with Crippen molar-refractivity contribution < 1.29 is 4.79 Å². The molecule has 0 spiro atoms. The van der Waals surface area contributed by atoms with Gasteiger partial charge in [0.2, 0.25) is 0 Å². The second-order valence-corrected chi connectivity index (χ2v) is 6.73. The first-order valence-electron chi connectivity index (χ1n) is 5.53. The van der Waals surface area contributed by atoms with E-state index in [4.69, 9.17) is 11.6 Å². The summed E-state index contributed by atoms with van der Waals surface area (Å²) in [7, 11) is 0. The number of thiophene rings is 1. The Hall–Kier alpha value is 0.01000. The van der Waals surface area contributed by atoms with E-state index in [1.807, 2.05) is 24.1 Å². The van der Waals surface area contributed by atoms with Gasteiger partial charge in [-0.25, -0.2) is 0 Å². The second-order valence-electron chi connectivity index (χ2n) is 4.24. The molecule has 0 atom stereocenters. The lowest BCUT2D eigenvalue weighted by molar-refractivity contribution is 0.0963. The van der Waals surface area contributed by atoms with Crippen molar-refractivity contribution in [3.8, 4) is 0 Å². The molecule has 1 fully saturated rings. The van der Waals surface area contributed by atoms with Gasteiger partial charge < -0.3 is 0 Å². The summed E-state index contributed by atoms with van der Waals surface area (Å²) < 4.78 is 0. The summed E-state index contributed by atoms with van der Waals surface area (Å²) in [6.45, 7) is 1.95. The predicted octanol–water partition coefficient (Wildman–Crippen LogP) is 4.43. The quantitative estimate of drug-likeness (QED) is 0.759. The summed E-state index contributed by atoms with van der Waals surface area (Å²) >= 11 is 9.59. The van der Waals surface area contributed by atoms with Gasteiger partial charge in [-0.15, -0.1) is 11.3 Å². The van der Waals surface area contributed by atoms with Crippen LogP contribution in [0, 0.1) is 12.8 Å². The zero-order valence-corrected chi connectivity index (χ0v) is 11.7. The Morgan fingerprint density at radius 2 is 2.19 bits per heavy atom. The smallest absolute Gasteiger partial charge is 0.174 e. The monoisotopic (exact) mass is 274 g/mol. The Morgan fingerprint density at radius 3 is 2.75 bits per heavy atom. The number of carbonyl (C=O) groups excluding carboxylic acids is 1. The molecule has 2 heterocycles. The normalized spacial score (nSPS) is 17.6. The summed E-state index contributed by atoms with van der Waals surface area (Å²) in [4.78, 5) is 12.8. The molecule has 0 aliphatic carbocycles. The van der Waals surface area contributed by atoms with Crippen LogP contribution in [0.4, 0.5) is 0 Å². The van der Waals surface area contributed by atoms with Crippen molar-refractivity contribution in [2.75, 3.05) is 11.5 Å². The fourth-order valence-corrected chi connectivity index (χ4v) is 4.38. The molecule has 0 bridgehead atoms. The molecule has 1 saturated heterocycles. The standard InChI is InChI=1S/C12H15ClOS2/c1-8-7-16-12(11(8)13)10(14)6-9-2-4-15-5-3-9/h7,9H,2-6H2,1H3. The lowest BCUT2D eigenvalue weighted by atomic mass is 9.96. The van der Waals surface area contributed by atoms with Crippen LogP contribution in [0.1, 0.15) is 34.5 Å². The van der Waals surface area contributed by atoms with Crippen LogP contribution in [-0.4, -0.2) is 17.3 Å². The Kier molecular flexibility index (Phi) is 4.34. The zero-order chi connectivity index (χ0) is 11.5. The van der Waals surface area contributed by atoms with Gasteiger partial charge in [-0.3, -0.25) is 4.79 Å². The second kappa shape index (κ2) is 5.56. The first-order chi connectivity index (χ1) is 7.68. The molecule has 0 unspecified atom stereocenters. The summed E-state index contributed by atoms with van der Waals surface area (Å²) in [5.74, 6) is 3.22. The molecular formula is C12H15ClOS2. The summed E-state index contributed by atoms with van der Waals surface area (Å²) in [6.07, 6.45) is 3.04. The molecule has 0 amide bonds. The third-order valence-electron chi connectivity index (χ3n) is 2.97. The highest BCUT2D eigenvalue weighted by Crippen LogP contribution is 2.32.